The Morgan fingerprint density at radius 1 is 1.50 bits per heavy atom. The Bertz CT molecular complexity index is 353. The topological polar surface area (TPSA) is 66.0 Å². The van der Waals surface area contributed by atoms with Gasteiger partial charge in [-0.3, -0.25) is 4.68 Å². The summed E-state index contributed by atoms with van der Waals surface area (Å²) >= 11 is 0. The van der Waals surface area contributed by atoms with Gasteiger partial charge in [0, 0.05) is 25.6 Å². The van der Waals surface area contributed by atoms with Crippen LogP contribution in [0.5, 0.6) is 0 Å². The maximum absolute atomic E-state index is 11.8. The molecule has 1 aromatic heterocycles. The quantitative estimate of drug-likeness (QED) is 0.751. The summed E-state index contributed by atoms with van der Waals surface area (Å²) in [5, 5.41) is 3.99. The van der Waals surface area contributed by atoms with Crippen molar-refractivity contribution in [2.24, 2.45) is 5.73 Å². The Labute approximate surface area is 103 Å². The average molecular weight is 266 g/mol. The van der Waals surface area contributed by atoms with Gasteiger partial charge in [-0.05, 0) is 13.3 Å². The lowest BCUT2D eigenvalue weighted by atomic mass is 10.1. The zero-order chi connectivity index (χ0) is 13.6. The van der Waals surface area contributed by atoms with E-state index in [1.807, 2.05) is 6.92 Å². The van der Waals surface area contributed by atoms with Crippen molar-refractivity contribution in [2.75, 3.05) is 13.2 Å². The highest BCUT2D eigenvalue weighted by atomic mass is 19.4. The maximum atomic E-state index is 11.8. The lowest BCUT2D eigenvalue weighted by molar-refractivity contribution is -0.174. The Kier molecular flexibility index (Phi) is 5.54. The number of aromatic nitrogens is 3. The van der Waals surface area contributed by atoms with E-state index in [9.17, 15) is 13.2 Å². The molecular weight excluding hydrogens is 249 g/mol. The molecule has 1 atom stereocenters. The largest absolute Gasteiger partial charge is 0.411 e. The highest BCUT2D eigenvalue weighted by Gasteiger charge is 2.27. The first-order valence-corrected chi connectivity index (χ1v) is 5.69. The molecule has 104 valence electrons. The molecule has 0 fully saturated rings. The number of aryl methyl sites for hydroxylation is 1. The second kappa shape index (κ2) is 6.69. The van der Waals surface area contributed by atoms with Gasteiger partial charge in [-0.25, -0.2) is 4.98 Å². The van der Waals surface area contributed by atoms with Gasteiger partial charge in [0.25, 0.3) is 0 Å². The van der Waals surface area contributed by atoms with Crippen LogP contribution in [-0.4, -0.2) is 40.2 Å². The molecule has 1 heterocycles. The SMILES string of the molecule is CCn1ncnc1CC(N)CCOCC(F)(F)F. The van der Waals surface area contributed by atoms with Crippen molar-refractivity contribution in [2.45, 2.75) is 38.5 Å². The number of nitrogens with two attached hydrogens (primary N) is 1. The Morgan fingerprint density at radius 2 is 2.22 bits per heavy atom. The minimum Gasteiger partial charge on any atom is -0.372 e. The lowest BCUT2D eigenvalue weighted by Gasteiger charge is -2.12. The molecule has 5 nitrogen and oxygen atoms in total. The monoisotopic (exact) mass is 266 g/mol. The van der Waals surface area contributed by atoms with Crippen molar-refractivity contribution in [1.29, 1.82) is 0 Å². The zero-order valence-corrected chi connectivity index (χ0v) is 10.2. The number of alkyl halides is 3. The van der Waals surface area contributed by atoms with Crippen molar-refractivity contribution in [3.05, 3.63) is 12.2 Å². The Morgan fingerprint density at radius 3 is 2.83 bits per heavy atom. The Balaban J connectivity index is 2.24. The summed E-state index contributed by atoms with van der Waals surface area (Å²) in [7, 11) is 0. The molecular formula is C10H17F3N4O. The van der Waals surface area contributed by atoms with E-state index in [4.69, 9.17) is 5.73 Å². The standard InChI is InChI=1S/C10H17F3N4O/c1-2-17-9(15-7-16-17)5-8(14)3-4-18-6-10(11,12)13/h7-8H,2-6,14H2,1H3. The third-order valence-corrected chi connectivity index (χ3v) is 2.34. The molecule has 0 amide bonds. The number of halogens is 3. The fourth-order valence-electron chi connectivity index (χ4n) is 1.47. The third-order valence-electron chi connectivity index (χ3n) is 2.34. The van der Waals surface area contributed by atoms with Gasteiger partial charge in [-0.15, -0.1) is 0 Å². The molecule has 0 bridgehead atoms. The fraction of sp³-hybridized carbons (Fsp3) is 0.800. The van der Waals surface area contributed by atoms with E-state index < -0.39 is 12.8 Å². The second-order valence-electron chi connectivity index (χ2n) is 3.91. The maximum Gasteiger partial charge on any atom is 0.411 e. The molecule has 0 radical (unpaired) electrons. The highest BCUT2D eigenvalue weighted by Crippen LogP contribution is 2.14. The van der Waals surface area contributed by atoms with E-state index >= 15 is 0 Å². The fourth-order valence-corrected chi connectivity index (χ4v) is 1.47. The van der Waals surface area contributed by atoms with Crippen molar-refractivity contribution in [1.82, 2.24) is 14.8 Å². The van der Waals surface area contributed by atoms with E-state index in [-0.39, 0.29) is 12.6 Å². The van der Waals surface area contributed by atoms with Gasteiger partial charge in [-0.1, -0.05) is 0 Å². The van der Waals surface area contributed by atoms with Crippen LogP contribution in [0.1, 0.15) is 19.2 Å². The number of hydrogen-bond donors (Lipinski definition) is 1. The number of ether oxygens (including phenoxy) is 1. The molecule has 0 saturated heterocycles. The Hall–Kier alpha value is -1.15. The first-order chi connectivity index (χ1) is 8.42. The predicted molar refractivity (Wildman–Crippen MR) is 58.9 cm³/mol. The molecule has 2 N–H and O–H groups in total. The average Bonchev–Trinajstić information content (AvgIpc) is 2.70. The number of nitrogens with zero attached hydrogens (tertiary/aromatic N) is 3. The van der Waals surface area contributed by atoms with Gasteiger partial charge >= 0.3 is 6.18 Å². The first kappa shape index (κ1) is 14.9. The molecule has 0 spiro atoms. The molecule has 0 aliphatic carbocycles. The molecule has 1 unspecified atom stereocenters. The van der Waals surface area contributed by atoms with E-state index in [0.717, 1.165) is 5.82 Å². The van der Waals surface area contributed by atoms with Crippen LogP contribution in [0, 0.1) is 0 Å². The smallest absolute Gasteiger partial charge is 0.372 e. The molecule has 1 rings (SSSR count). The molecule has 1 aromatic rings. The van der Waals surface area contributed by atoms with Crippen LogP contribution in [0.15, 0.2) is 6.33 Å². The zero-order valence-electron chi connectivity index (χ0n) is 10.2. The summed E-state index contributed by atoms with van der Waals surface area (Å²) in [6.07, 6.45) is -2.02. The van der Waals surface area contributed by atoms with Crippen LogP contribution in [0.2, 0.25) is 0 Å². The predicted octanol–water partition coefficient (Wildman–Crippen LogP) is 1.14. The van der Waals surface area contributed by atoms with Crippen LogP contribution < -0.4 is 5.73 Å². The van der Waals surface area contributed by atoms with Gasteiger partial charge in [0.2, 0.25) is 0 Å². The van der Waals surface area contributed by atoms with Crippen molar-refractivity contribution < 1.29 is 17.9 Å². The van der Waals surface area contributed by atoms with E-state index in [2.05, 4.69) is 14.8 Å². The van der Waals surface area contributed by atoms with E-state index in [1.54, 1.807) is 4.68 Å². The van der Waals surface area contributed by atoms with Crippen molar-refractivity contribution in [3.63, 3.8) is 0 Å². The van der Waals surface area contributed by atoms with E-state index in [1.165, 1.54) is 6.33 Å². The summed E-state index contributed by atoms with van der Waals surface area (Å²) in [6, 6.07) is -0.285. The van der Waals surface area contributed by atoms with Gasteiger partial charge in [-0.2, -0.15) is 18.3 Å². The van der Waals surface area contributed by atoms with Gasteiger partial charge in [0.05, 0.1) is 0 Å². The molecule has 0 saturated carbocycles. The lowest BCUT2D eigenvalue weighted by Crippen LogP contribution is -2.27. The van der Waals surface area contributed by atoms with Crippen LogP contribution in [0.3, 0.4) is 0 Å². The summed E-state index contributed by atoms with van der Waals surface area (Å²) in [5.41, 5.74) is 5.80. The molecule has 8 heteroatoms. The number of rotatable bonds is 7. The second-order valence-corrected chi connectivity index (χ2v) is 3.91. The van der Waals surface area contributed by atoms with Gasteiger partial charge in [0.15, 0.2) is 0 Å². The van der Waals surface area contributed by atoms with Crippen LogP contribution in [-0.2, 0) is 17.7 Å². The molecule has 0 aliphatic rings. The minimum atomic E-state index is -4.29. The highest BCUT2D eigenvalue weighted by molar-refractivity contribution is 4.88. The van der Waals surface area contributed by atoms with Crippen LogP contribution in [0.25, 0.3) is 0 Å². The van der Waals surface area contributed by atoms with Crippen molar-refractivity contribution >= 4 is 0 Å². The number of hydrogen-bond acceptors (Lipinski definition) is 4. The van der Waals surface area contributed by atoms with Crippen molar-refractivity contribution in [3.8, 4) is 0 Å². The third kappa shape index (κ3) is 5.46. The van der Waals surface area contributed by atoms with Gasteiger partial charge < -0.3 is 10.5 Å². The van der Waals surface area contributed by atoms with Crippen LogP contribution in [0.4, 0.5) is 13.2 Å². The molecule has 18 heavy (non-hydrogen) atoms. The summed E-state index contributed by atoms with van der Waals surface area (Å²) in [4.78, 5) is 4.05. The summed E-state index contributed by atoms with van der Waals surface area (Å²) < 4.78 is 41.6. The normalized spacial score (nSPS) is 13.8. The summed E-state index contributed by atoms with van der Waals surface area (Å²) in [5.74, 6) is 0.737. The first-order valence-electron chi connectivity index (χ1n) is 5.69. The minimum absolute atomic E-state index is 0.0130. The van der Waals surface area contributed by atoms with Gasteiger partial charge in [0.1, 0.15) is 18.8 Å². The molecule has 0 aliphatic heterocycles. The molecule has 0 aromatic carbocycles. The summed E-state index contributed by atoms with van der Waals surface area (Å²) in [6.45, 7) is 1.37. The van der Waals surface area contributed by atoms with E-state index in [0.29, 0.717) is 19.4 Å². The van der Waals surface area contributed by atoms with Crippen LogP contribution >= 0.6 is 0 Å².